The number of carbonyl (C=O) groups excluding carboxylic acids is 4. The highest BCUT2D eigenvalue weighted by atomic mass is 31.2. The average molecular weight is 1440 g/mol. The Morgan fingerprint density at radius 1 is 0.286 bits per heavy atom. The van der Waals surface area contributed by atoms with E-state index < -0.39 is 97.5 Å². The van der Waals surface area contributed by atoms with Crippen LogP contribution in [0.1, 0.15) is 420 Å². The summed E-state index contributed by atoms with van der Waals surface area (Å²) in [6.45, 7) is 7.38. The van der Waals surface area contributed by atoms with E-state index in [1.165, 1.54) is 244 Å². The second-order valence-electron chi connectivity index (χ2n) is 28.7. The van der Waals surface area contributed by atoms with Crippen LogP contribution in [0, 0.1) is 5.92 Å². The summed E-state index contributed by atoms with van der Waals surface area (Å²) in [5, 5.41) is 10.6. The van der Waals surface area contributed by atoms with Gasteiger partial charge < -0.3 is 33.8 Å². The Kier molecular flexibility index (Phi) is 70.6. The van der Waals surface area contributed by atoms with Crippen LogP contribution >= 0.6 is 15.6 Å². The molecule has 98 heavy (non-hydrogen) atoms. The molecule has 3 N–H and O–H groups in total. The molecule has 3 unspecified atom stereocenters. The third kappa shape index (κ3) is 71.1. The van der Waals surface area contributed by atoms with Crippen LogP contribution < -0.4 is 0 Å². The molecule has 0 aliphatic carbocycles. The molecular weight excluding hydrogens is 1280 g/mol. The Morgan fingerprint density at radius 2 is 0.490 bits per heavy atom. The Labute approximate surface area is 600 Å². The maximum atomic E-state index is 13.1. The van der Waals surface area contributed by atoms with Gasteiger partial charge in [-0.2, -0.15) is 0 Å². The van der Waals surface area contributed by atoms with Crippen molar-refractivity contribution in [3.05, 3.63) is 0 Å². The van der Waals surface area contributed by atoms with Gasteiger partial charge >= 0.3 is 39.5 Å². The monoisotopic (exact) mass is 1440 g/mol. The van der Waals surface area contributed by atoms with Gasteiger partial charge in [0.05, 0.1) is 26.4 Å². The van der Waals surface area contributed by atoms with E-state index in [4.69, 9.17) is 37.0 Å². The molecule has 0 radical (unpaired) electrons. The Balaban J connectivity index is 5.19. The number of carbonyl (C=O) groups is 4. The van der Waals surface area contributed by atoms with Gasteiger partial charge in [-0.05, 0) is 31.6 Å². The van der Waals surface area contributed by atoms with Crippen LogP contribution in [0.3, 0.4) is 0 Å². The standard InChI is InChI=1S/C79H154O17P2/c1-6-10-13-16-19-22-25-26-34-39-43-48-53-58-63-77(82)90-69-75(96-79(84)65-60-55-50-45-40-35-32-30-28-27-29-31-33-38-41-46-51-56-61-72(5)9-4)71-94-98(87,88)92-67-73(80)66-91-97(85,86)93-70-74(95-78(83)64-59-54-49-44-37-24-21-18-15-12-8-3)68-89-76(81)62-57-52-47-42-36-23-20-17-14-11-7-2/h72-75,80H,6-71H2,1-5H3,(H,85,86)(H,87,88)/t72?,73-,74+,75+/m0/s1. The largest absolute Gasteiger partial charge is 0.472 e. The van der Waals surface area contributed by atoms with Crippen LogP contribution in [0.2, 0.25) is 0 Å². The van der Waals surface area contributed by atoms with Crippen LogP contribution in [-0.4, -0.2) is 96.7 Å². The lowest BCUT2D eigenvalue weighted by Gasteiger charge is -2.21. The molecule has 0 heterocycles. The third-order valence-corrected chi connectivity index (χ3v) is 20.8. The number of hydrogen-bond acceptors (Lipinski definition) is 15. The van der Waals surface area contributed by atoms with Gasteiger partial charge in [-0.25, -0.2) is 9.13 Å². The quantitative estimate of drug-likeness (QED) is 0.0222. The van der Waals surface area contributed by atoms with Crippen molar-refractivity contribution < 1.29 is 80.2 Å². The van der Waals surface area contributed by atoms with Crippen LogP contribution in [0.4, 0.5) is 0 Å². The van der Waals surface area contributed by atoms with E-state index in [0.29, 0.717) is 25.7 Å². The fraction of sp³-hybridized carbons (Fsp3) is 0.949. The van der Waals surface area contributed by atoms with Gasteiger partial charge in [-0.3, -0.25) is 37.3 Å². The van der Waals surface area contributed by atoms with Gasteiger partial charge in [0.1, 0.15) is 19.3 Å². The highest BCUT2D eigenvalue weighted by Crippen LogP contribution is 2.45. The van der Waals surface area contributed by atoms with Gasteiger partial charge in [-0.15, -0.1) is 0 Å². The summed E-state index contributed by atoms with van der Waals surface area (Å²) in [4.78, 5) is 72.9. The third-order valence-electron chi connectivity index (χ3n) is 18.9. The summed E-state index contributed by atoms with van der Waals surface area (Å²) in [7, 11) is -9.91. The van der Waals surface area contributed by atoms with Crippen molar-refractivity contribution >= 4 is 39.5 Å². The number of unbranched alkanes of at least 4 members (excludes halogenated alkanes) is 50. The van der Waals surface area contributed by atoms with Crippen LogP contribution in [0.25, 0.3) is 0 Å². The number of ether oxygens (including phenoxy) is 4. The predicted molar refractivity (Wildman–Crippen MR) is 400 cm³/mol. The number of aliphatic hydroxyl groups is 1. The first-order valence-electron chi connectivity index (χ1n) is 41.2. The maximum absolute atomic E-state index is 13.1. The number of phosphoric acid groups is 2. The molecule has 17 nitrogen and oxygen atoms in total. The minimum Gasteiger partial charge on any atom is -0.462 e. The first kappa shape index (κ1) is 96.1. The molecule has 0 spiro atoms. The number of rotatable bonds is 79. The zero-order chi connectivity index (χ0) is 71.9. The summed E-state index contributed by atoms with van der Waals surface area (Å²) < 4.78 is 68.6. The van der Waals surface area contributed by atoms with Crippen LogP contribution in [-0.2, 0) is 65.4 Å². The predicted octanol–water partition coefficient (Wildman–Crippen LogP) is 23.6. The highest BCUT2D eigenvalue weighted by Gasteiger charge is 2.30. The first-order valence-corrected chi connectivity index (χ1v) is 44.2. The van der Waals surface area contributed by atoms with Crippen LogP contribution in [0.15, 0.2) is 0 Å². The lowest BCUT2D eigenvalue weighted by molar-refractivity contribution is -0.161. The fourth-order valence-corrected chi connectivity index (χ4v) is 13.8. The number of hydrogen-bond donors (Lipinski definition) is 3. The first-order chi connectivity index (χ1) is 47.6. The SMILES string of the molecule is CCCCCCCCCCCCCCCCC(=O)OC[C@H](COP(=O)(O)OC[C@@H](O)COP(=O)(O)OC[C@@H](COC(=O)CCCCCCCCCCCCC)OC(=O)CCCCCCCCCCCCC)OC(=O)CCCCCCCCCCCCCCCCCCCCC(C)CC. The molecule has 0 aliphatic rings. The molecule has 19 heteroatoms. The molecule has 0 aliphatic heterocycles. The Morgan fingerprint density at radius 3 is 0.724 bits per heavy atom. The van der Waals surface area contributed by atoms with Crippen molar-refractivity contribution in [3.8, 4) is 0 Å². The van der Waals surface area contributed by atoms with Gasteiger partial charge in [0, 0.05) is 25.7 Å². The Hall–Kier alpha value is -1.94. The molecule has 0 aromatic carbocycles. The van der Waals surface area contributed by atoms with Crippen molar-refractivity contribution in [2.75, 3.05) is 39.6 Å². The number of esters is 4. The second-order valence-corrected chi connectivity index (χ2v) is 31.6. The average Bonchev–Trinajstić information content (AvgIpc) is 3.75. The summed E-state index contributed by atoms with van der Waals surface area (Å²) >= 11 is 0. The summed E-state index contributed by atoms with van der Waals surface area (Å²) in [6.07, 6.45) is 62.3. The van der Waals surface area contributed by atoms with E-state index >= 15 is 0 Å². The van der Waals surface area contributed by atoms with Crippen molar-refractivity contribution in [1.29, 1.82) is 0 Å². The molecule has 6 atom stereocenters. The summed E-state index contributed by atoms with van der Waals surface area (Å²) in [5.74, 6) is -1.24. The molecule has 0 aromatic heterocycles. The zero-order valence-electron chi connectivity index (χ0n) is 63.9. The van der Waals surface area contributed by atoms with Crippen molar-refractivity contribution in [3.63, 3.8) is 0 Å². The number of aliphatic hydroxyl groups excluding tert-OH is 1. The van der Waals surface area contributed by atoms with Crippen molar-refractivity contribution in [2.24, 2.45) is 5.92 Å². The molecule has 0 aromatic rings. The second kappa shape index (κ2) is 72.0. The smallest absolute Gasteiger partial charge is 0.462 e. The molecule has 0 saturated heterocycles. The zero-order valence-corrected chi connectivity index (χ0v) is 65.7. The molecule has 0 bridgehead atoms. The van der Waals surface area contributed by atoms with Gasteiger partial charge in [-0.1, -0.05) is 369 Å². The van der Waals surface area contributed by atoms with Gasteiger partial charge in [0.25, 0.3) is 0 Å². The lowest BCUT2D eigenvalue weighted by atomic mass is 9.99. The van der Waals surface area contributed by atoms with Gasteiger partial charge in [0.2, 0.25) is 0 Å². The van der Waals surface area contributed by atoms with E-state index in [2.05, 4.69) is 34.6 Å². The normalized spacial score (nSPS) is 14.2. The molecule has 0 rings (SSSR count). The highest BCUT2D eigenvalue weighted by molar-refractivity contribution is 7.47. The minimum atomic E-state index is -4.96. The van der Waals surface area contributed by atoms with Gasteiger partial charge in [0.15, 0.2) is 12.2 Å². The molecule has 0 amide bonds. The van der Waals surface area contributed by atoms with Crippen molar-refractivity contribution in [2.45, 2.75) is 438 Å². The molecule has 0 fully saturated rings. The number of phosphoric ester groups is 2. The summed E-state index contributed by atoms with van der Waals surface area (Å²) in [6, 6.07) is 0. The van der Waals surface area contributed by atoms with E-state index in [1.54, 1.807) is 0 Å². The summed E-state index contributed by atoms with van der Waals surface area (Å²) in [5.41, 5.74) is 0. The van der Waals surface area contributed by atoms with E-state index in [-0.39, 0.29) is 25.7 Å². The lowest BCUT2D eigenvalue weighted by Crippen LogP contribution is -2.30. The van der Waals surface area contributed by atoms with Crippen LogP contribution in [0.5, 0.6) is 0 Å². The minimum absolute atomic E-state index is 0.108. The molecular formula is C79H154O17P2. The Bertz CT molecular complexity index is 1880. The van der Waals surface area contributed by atoms with E-state index in [1.807, 2.05) is 0 Å². The maximum Gasteiger partial charge on any atom is 0.472 e. The van der Waals surface area contributed by atoms with E-state index in [0.717, 1.165) is 95.8 Å². The van der Waals surface area contributed by atoms with E-state index in [9.17, 15) is 43.2 Å². The topological polar surface area (TPSA) is 237 Å². The molecule has 582 valence electrons. The molecule has 0 saturated carbocycles. The fourth-order valence-electron chi connectivity index (χ4n) is 12.2. The van der Waals surface area contributed by atoms with Crippen molar-refractivity contribution in [1.82, 2.24) is 0 Å².